The molecule has 0 bridgehead atoms. The number of aliphatic hydroxyl groups is 1. The van der Waals surface area contributed by atoms with Crippen molar-refractivity contribution in [3.05, 3.63) is 52.9 Å². The molecular weight excluding hydrogens is 226 g/mol. The third-order valence-corrected chi connectivity index (χ3v) is 2.67. The molecular formula is C12H12F2N2O. The molecule has 90 valence electrons. The lowest BCUT2D eigenvalue weighted by molar-refractivity contribution is 0.213. The van der Waals surface area contributed by atoms with E-state index in [1.54, 1.807) is 17.8 Å². The SMILES string of the molecule is Cc1cc(C(O)c2ccc(F)c(F)c2)nn1C. The van der Waals surface area contributed by atoms with Crippen LogP contribution in [-0.2, 0) is 7.05 Å². The first-order valence-electron chi connectivity index (χ1n) is 5.12. The fourth-order valence-electron chi connectivity index (χ4n) is 1.58. The Morgan fingerprint density at radius 1 is 1.24 bits per heavy atom. The standard InChI is InChI=1S/C12H12F2N2O/c1-7-5-11(15-16(7)2)12(17)8-3-4-9(13)10(14)6-8/h3-6,12,17H,1-2H3. The van der Waals surface area contributed by atoms with E-state index in [1.165, 1.54) is 6.07 Å². The van der Waals surface area contributed by atoms with Gasteiger partial charge in [-0.2, -0.15) is 5.10 Å². The first-order chi connectivity index (χ1) is 7.99. The Hall–Kier alpha value is -1.75. The van der Waals surface area contributed by atoms with E-state index in [4.69, 9.17) is 0 Å². The van der Waals surface area contributed by atoms with Gasteiger partial charge in [0.15, 0.2) is 11.6 Å². The smallest absolute Gasteiger partial charge is 0.159 e. The lowest BCUT2D eigenvalue weighted by Crippen LogP contribution is -2.03. The molecule has 1 aromatic carbocycles. The molecule has 0 aliphatic heterocycles. The van der Waals surface area contributed by atoms with E-state index < -0.39 is 17.7 Å². The second-order valence-electron chi connectivity index (χ2n) is 3.91. The third-order valence-electron chi connectivity index (χ3n) is 2.67. The van der Waals surface area contributed by atoms with Crippen LogP contribution in [0, 0.1) is 18.6 Å². The zero-order chi connectivity index (χ0) is 12.6. The first kappa shape index (κ1) is 11.7. The Kier molecular flexibility index (Phi) is 2.93. The van der Waals surface area contributed by atoms with Crippen LogP contribution in [0.3, 0.4) is 0 Å². The molecule has 0 fully saturated rings. The summed E-state index contributed by atoms with van der Waals surface area (Å²) in [6.07, 6.45) is -1.05. The van der Waals surface area contributed by atoms with Crippen LogP contribution >= 0.6 is 0 Å². The van der Waals surface area contributed by atoms with E-state index in [1.807, 2.05) is 6.92 Å². The van der Waals surface area contributed by atoms with Gasteiger partial charge in [-0.1, -0.05) is 6.07 Å². The second kappa shape index (κ2) is 4.25. The summed E-state index contributed by atoms with van der Waals surface area (Å²) in [5.74, 6) is -1.91. The fourth-order valence-corrected chi connectivity index (χ4v) is 1.58. The average molecular weight is 238 g/mol. The molecule has 0 amide bonds. The van der Waals surface area contributed by atoms with Gasteiger partial charge in [-0.05, 0) is 30.7 Å². The number of aromatic nitrogens is 2. The van der Waals surface area contributed by atoms with Gasteiger partial charge in [-0.3, -0.25) is 4.68 Å². The summed E-state index contributed by atoms with van der Waals surface area (Å²) in [5, 5.41) is 14.1. The van der Waals surface area contributed by atoms with Crippen LogP contribution in [0.5, 0.6) is 0 Å². The van der Waals surface area contributed by atoms with Crippen LogP contribution in [0.4, 0.5) is 8.78 Å². The summed E-state index contributed by atoms with van der Waals surface area (Å²) in [4.78, 5) is 0. The van der Waals surface area contributed by atoms with Crippen molar-refractivity contribution in [2.45, 2.75) is 13.0 Å². The van der Waals surface area contributed by atoms with Crippen molar-refractivity contribution < 1.29 is 13.9 Å². The normalized spacial score (nSPS) is 12.8. The summed E-state index contributed by atoms with van der Waals surface area (Å²) < 4.78 is 27.4. The highest BCUT2D eigenvalue weighted by atomic mass is 19.2. The number of nitrogens with zero attached hydrogens (tertiary/aromatic N) is 2. The molecule has 2 rings (SSSR count). The van der Waals surface area contributed by atoms with Gasteiger partial charge in [0, 0.05) is 12.7 Å². The molecule has 1 unspecified atom stereocenters. The van der Waals surface area contributed by atoms with Gasteiger partial charge in [0.2, 0.25) is 0 Å². The number of hydrogen-bond donors (Lipinski definition) is 1. The minimum absolute atomic E-state index is 0.280. The topological polar surface area (TPSA) is 38.1 Å². The minimum atomic E-state index is -1.05. The molecule has 17 heavy (non-hydrogen) atoms. The Bertz CT molecular complexity index is 532. The maximum absolute atomic E-state index is 13.0. The van der Waals surface area contributed by atoms with Crippen LogP contribution in [0.15, 0.2) is 24.3 Å². The Labute approximate surface area is 97.3 Å². The molecule has 1 N–H and O–H groups in total. The highest BCUT2D eigenvalue weighted by molar-refractivity contribution is 5.27. The van der Waals surface area contributed by atoms with Crippen LogP contribution < -0.4 is 0 Å². The van der Waals surface area contributed by atoms with Crippen molar-refractivity contribution in [3.8, 4) is 0 Å². The molecule has 1 atom stereocenters. The van der Waals surface area contributed by atoms with Crippen molar-refractivity contribution >= 4 is 0 Å². The van der Waals surface area contributed by atoms with Gasteiger partial charge < -0.3 is 5.11 Å². The molecule has 5 heteroatoms. The number of hydrogen-bond acceptors (Lipinski definition) is 2. The number of aliphatic hydroxyl groups excluding tert-OH is 1. The molecule has 1 aromatic heterocycles. The summed E-state index contributed by atoms with van der Waals surface area (Å²) in [5.41, 5.74) is 1.57. The number of halogens is 2. The molecule has 0 saturated carbocycles. The van der Waals surface area contributed by atoms with Crippen LogP contribution in [0.1, 0.15) is 23.1 Å². The van der Waals surface area contributed by atoms with Gasteiger partial charge in [0.05, 0.1) is 5.69 Å². The van der Waals surface area contributed by atoms with E-state index in [-0.39, 0.29) is 5.56 Å². The molecule has 1 heterocycles. The van der Waals surface area contributed by atoms with Gasteiger partial charge in [-0.15, -0.1) is 0 Å². The summed E-state index contributed by atoms with van der Waals surface area (Å²) in [6.45, 7) is 1.84. The number of rotatable bonds is 2. The summed E-state index contributed by atoms with van der Waals surface area (Å²) in [6, 6.07) is 5.01. The molecule has 0 radical (unpaired) electrons. The van der Waals surface area contributed by atoms with Crippen LogP contribution in [0.2, 0.25) is 0 Å². The Balaban J connectivity index is 2.36. The van der Waals surface area contributed by atoms with E-state index in [9.17, 15) is 13.9 Å². The molecule has 0 aliphatic rings. The van der Waals surface area contributed by atoms with Crippen molar-refractivity contribution in [3.63, 3.8) is 0 Å². The van der Waals surface area contributed by atoms with Crippen molar-refractivity contribution in [2.24, 2.45) is 7.05 Å². The molecule has 0 aliphatic carbocycles. The zero-order valence-electron chi connectivity index (χ0n) is 9.48. The van der Waals surface area contributed by atoms with Gasteiger partial charge in [-0.25, -0.2) is 8.78 Å². The predicted octanol–water partition coefficient (Wildman–Crippen LogP) is 2.09. The minimum Gasteiger partial charge on any atom is -0.382 e. The maximum Gasteiger partial charge on any atom is 0.159 e. The molecule has 0 saturated heterocycles. The Morgan fingerprint density at radius 2 is 1.94 bits per heavy atom. The highest BCUT2D eigenvalue weighted by Crippen LogP contribution is 2.22. The van der Waals surface area contributed by atoms with Crippen LogP contribution in [0.25, 0.3) is 0 Å². The van der Waals surface area contributed by atoms with Gasteiger partial charge in [0.1, 0.15) is 6.10 Å². The lowest BCUT2D eigenvalue weighted by Gasteiger charge is -2.08. The molecule has 3 nitrogen and oxygen atoms in total. The maximum atomic E-state index is 13.0. The quantitative estimate of drug-likeness (QED) is 0.870. The van der Waals surface area contributed by atoms with Gasteiger partial charge >= 0.3 is 0 Å². The van der Waals surface area contributed by atoms with Crippen molar-refractivity contribution in [2.75, 3.05) is 0 Å². The van der Waals surface area contributed by atoms with Crippen LogP contribution in [-0.4, -0.2) is 14.9 Å². The fraction of sp³-hybridized carbons (Fsp3) is 0.250. The lowest BCUT2D eigenvalue weighted by atomic mass is 10.1. The Morgan fingerprint density at radius 3 is 2.47 bits per heavy atom. The monoisotopic (exact) mass is 238 g/mol. The van der Waals surface area contributed by atoms with E-state index >= 15 is 0 Å². The van der Waals surface area contributed by atoms with E-state index in [0.29, 0.717) is 5.69 Å². The molecule has 0 spiro atoms. The third kappa shape index (κ3) is 2.19. The summed E-state index contributed by atoms with van der Waals surface area (Å²) in [7, 11) is 1.75. The highest BCUT2D eigenvalue weighted by Gasteiger charge is 2.16. The largest absolute Gasteiger partial charge is 0.382 e. The first-order valence-corrected chi connectivity index (χ1v) is 5.12. The van der Waals surface area contributed by atoms with Crippen molar-refractivity contribution in [1.29, 1.82) is 0 Å². The zero-order valence-corrected chi connectivity index (χ0v) is 9.48. The number of benzene rings is 1. The predicted molar refractivity (Wildman–Crippen MR) is 58.4 cm³/mol. The van der Waals surface area contributed by atoms with E-state index in [2.05, 4.69) is 5.10 Å². The van der Waals surface area contributed by atoms with Crippen molar-refractivity contribution in [1.82, 2.24) is 9.78 Å². The summed E-state index contributed by atoms with van der Waals surface area (Å²) >= 11 is 0. The second-order valence-corrected chi connectivity index (χ2v) is 3.91. The molecule has 2 aromatic rings. The number of aryl methyl sites for hydroxylation is 2. The van der Waals surface area contributed by atoms with Gasteiger partial charge in [0.25, 0.3) is 0 Å². The van der Waals surface area contributed by atoms with E-state index in [0.717, 1.165) is 17.8 Å². The average Bonchev–Trinajstić information content (AvgIpc) is 2.62.